The van der Waals surface area contributed by atoms with Crippen molar-refractivity contribution in [1.29, 1.82) is 0 Å². The number of amidine groups is 2. The molecule has 0 atom stereocenters. The van der Waals surface area contributed by atoms with E-state index >= 15 is 0 Å². The van der Waals surface area contributed by atoms with E-state index in [0.29, 0.717) is 5.84 Å². The SMILES string of the molecule is O=C1CN2C(=N1)C(N1C[CH]C1)=Nc1cnc(Br)cc12. The molecule has 1 saturated heterocycles. The first kappa shape index (κ1) is 11.1. The standard InChI is InChI=1S/C12H9BrN5O/c13-9-4-8-7(5-14-9)15-11(17-2-1-3-17)12-16-10(19)6-18(8)12/h1,4-5H,2-3,6H2. The summed E-state index contributed by atoms with van der Waals surface area (Å²) in [5, 5.41) is 0. The summed E-state index contributed by atoms with van der Waals surface area (Å²) in [7, 11) is 0. The molecule has 0 N–H and O–H groups in total. The van der Waals surface area contributed by atoms with Crippen molar-refractivity contribution in [2.75, 3.05) is 24.5 Å². The number of aromatic nitrogens is 1. The van der Waals surface area contributed by atoms with Gasteiger partial charge in [-0.2, -0.15) is 4.99 Å². The molecule has 1 aromatic rings. The van der Waals surface area contributed by atoms with Crippen molar-refractivity contribution in [3.63, 3.8) is 0 Å². The highest BCUT2D eigenvalue weighted by molar-refractivity contribution is 9.10. The van der Waals surface area contributed by atoms with E-state index in [1.165, 1.54) is 0 Å². The molecule has 7 heteroatoms. The molecule has 0 unspecified atom stereocenters. The van der Waals surface area contributed by atoms with Gasteiger partial charge in [-0.25, -0.2) is 9.98 Å². The minimum absolute atomic E-state index is 0.131. The quantitative estimate of drug-likeness (QED) is 0.673. The number of fused-ring (bicyclic) bond motifs is 3. The molecular weight excluding hydrogens is 310 g/mol. The fraction of sp³-hybridized carbons (Fsp3) is 0.250. The van der Waals surface area contributed by atoms with Crippen LogP contribution in [-0.2, 0) is 4.79 Å². The van der Waals surface area contributed by atoms with Crippen molar-refractivity contribution in [3.8, 4) is 0 Å². The van der Waals surface area contributed by atoms with Crippen molar-refractivity contribution in [3.05, 3.63) is 23.3 Å². The summed E-state index contributed by atoms with van der Waals surface area (Å²) in [5.41, 5.74) is 1.65. The maximum atomic E-state index is 11.6. The fourth-order valence-electron chi connectivity index (χ4n) is 2.32. The van der Waals surface area contributed by atoms with Crippen molar-refractivity contribution in [2.45, 2.75) is 0 Å². The van der Waals surface area contributed by atoms with Gasteiger partial charge in [-0.1, -0.05) is 0 Å². The van der Waals surface area contributed by atoms with Crippen molar-refractivity contribution >= 4 is 44.9 Å². The smallest absolute Gasteiger partial charge is 0.267 e. The highest BCUT2D eigenvalue weighted by Gasteiger charge is 2.37. The first-order valence-electron chi connectivity index (χ1n) is 5.92. The molecule has 3 aliphatic rings. The lowest BCUT2D eigenvalue weighted by Crippen LogP contribution is -2.51. The summed E-state index contributed by atoms with van der Waals surface area (Å²) in [6, 6.07) is 1.87. The molecule has 4 heterocycles. The average molecular weight is 319 g/mol. The van der Waals surface area contributed by atoms with Gasteiger partial charge in [-0.3, -0.25) is 4.79 Å². The Morgan fingerprint density at radius 3 is 2.79 bits per heavy atom. The Labute approximate surface area is 118 Å². The number of anilines is 1. The number of carbonyl (C=O) groups excluding carboxylic acids is 1. The molecule has 6 nitrogen and oxygen atoms in total. The van der Waals surface area contributed by atoms with Crippen LogP contribution in [0.25, 0.3) is 0 Å². The second-order valence-electron chi connectivity index (χ2n) is 4.54. The Morgan fingerprint density at radius 2 is 2.05 bits per heavy atom. The number of halogens is 1. The average Bonchev–Trinajstić information content (AvgIpc) is 2.70. The number of nitrogens with zero attached hydrogens (tertiary/aromatic N) is 5. The molecule has 19 heavy (non-hydrogen) atoms. The summed E-state index contributed by atoms with van der Waals surface area (Å²) in [6.07, 6.45) is 3.86. The molecule has 0 bridgehead atoms. The monoisotopic (exact) mass is 318 g/mol. The van der Waals surface area contributed by atoms with Gasteiger partial charge in [0.1, 0.15) is 16.8 Å². The van der Waals surface area contributed by atoms with E-state index in [-0.39, 0.29) is 12.5 Å². The number of amides is 1. The number of rotatable bonds is 0. The molecule has 1 radical (unpaired) electrons. The summed E-state index contributed by atoms with van der Waals surface area (Å²) in [6.45, 7) is 1.97. The number of carbonyl (C=O) groups is 1. The van der Waals surface area contributed by atoms with E-state index in [1.807, 2.05) is 11.0 Å². The molecule has 1 fully saturated rings. The lowest BCUT2D eigenvalue weighted by Gasteiger charge is -2.37. The lowest BCUT2D eigenvalue weighted by molar-refractivity contribution is -0.115. The zero-order valence-electron chi connectivity index (χ0n) is 9.88. The molecule has 1 amide bonds. The summed E-state index contributed by atoms with van der Waals surface area (Å²) < 4.78 is 0.723. The van der Waals surface area contributed by atoms with E-state index in [2.05, 4.69) is 42.2 Å². The van der Waals surface area contributed by atoms with Crippen LogP contribution in [0.3, 0.4) is 0 Å². The maximum absolute atomic E-state index is 11.6. The first-order valence-corrected chi connectivity index (χ1v) is 6.72. The molecule has 0 spiro atoms. The van der Waals surface area contributed by atoms with Crippen LogP contribution in [0.4, 0.5) is 11.4 Å². The third-order valence-corrected chi connectivity index (χ3v) is 3.76. The van der Waals surface area contributed by atoms with Gasteiger partial charge in [0.15, 0.2) is 11.7 Å². The highest BCUT2D eigenvalue weighted by Crippen LogP contribution is 2.36. The van der Waals surface area contributed by atoms with Crippen LogP contribution < -0.4 is 4.90 Å². The van der Waals surface area contributed by atoms with Crippen LogP contribution in [0.5, 0.6) is 0 Å². The Bertz CT molecular complexity index is 650. The number of pyridine rings is 1. The van der Waals surface area contributed by atoms with Gasteiger partial charge in [0.2, 0.25) is 0 Å². The van der Waals surface area contributed by atoms with Crippen LogP contribution in [0.2, 0.25) is 0 Å². The van der Waals surface area contributed by atoms with Crippen LogP contribution in [0.1, 0.15) is 0 Å². The van der Waals surface area contributed by atoms with E-state index in [9.17, 15) is 4.79 Å². The third-order valence-electron chi connectivity index (χ3n) is 3.32. The predicted octanol–water partition coefficient (Wildman–Crippen LogP) is 1.15. The molecule has 4 rings (SSSR count). The Morgan fingerprint density at radius 1 is 1.21 bits per heavy atom. The van der Waals surface area contributed by atoms with E-state index < -0.39 is 0 Å². The van der Waals surface area contributed by atoms with Crippen LogP contribution in [0, 0.1) is 6.42 Å². The number of hydrogen-bond donors (Lipinski definition) is 0. The minimum atomic E-state index is -0.131. The Kier molecular flexibility index (Phi) is 2.26. The van der Waals surface area contributed by atoms with E-state index in [4.69, 9.17) is 0 Å². The predicted molar refractivity (Wildman–Crippen MR) is 74.7 cm³/mol. The van der Waals surface area contributed by atoms with Crippen molar-refractivity contribution in [1.82, 2.24) is 9.88 Å². The zero-order chi connectivity index (χ0) is 13.0. The van der Waals surface area contributed by atoms with Crippen LogP contribution in [-0.4, -0.2) is 47.1 Å². The van der Waals surface area contributed by atoms with E-state index in [1.54, 1.807) is 6.20 Å². The topological polar surface area (TPSA) is 61.2 Å². The van der Waals surface area contributed by atoms with Crippen LogP contribution >= 0.6 is 15.9 Å². The molecule has 1 aromatic heterocycles. The molecule has 3 aliphatic heterocycles. The molecular formula is C12H9BrN5O. The van der Waals surface area contributed by atoms with Gasteiger partial charge in [-0.05, 0) is 22.0 Å². The third kappa shape index (κ3) is 1.61. The summed E-state index contributed by atoms with van der Waals surface area (Å²) in [4.78, 5) is 28.5. The number of aliphatic imine (C=N–C) groups is 2. The van der Waals surface area contributed by atoms with Gasteiger partial charge in [0.05, 0.1) is 11.9 Å². The number of hydrogen-bond acceptors (Lipinski definition) is 5. The second-order valence-corrected chi connectivity index (χ2v) is 5.35. The van der Waals surface area contributed by atoms with Crippen molar-refractivity contribution < 1.29 is 4.79 Å². The second kappa shape index (κ2) is 3.86. The van der Waals surface area contributed by atoms with E-state index in [0.717, 1.165) is 34.9 Å². The van der Waals surface area contributed by atoms with Gasteiger partial charge < -0.3 is 9.80 Å². The number of likely N-dealkylation sites (tertiary alicyclic amines) is 1. The highest BCUT2D eigenvalue weighted by atomic mass is 79.9. The van der Waals surface area contributed by atoms with Gasteiger partial charge in [0.25, 0.3) is 5.91 Å². The summed E-state index contributed by atoms with van der Waals surface area (Å²) >= 11 is 3.34. The maximum Gasteiger partial charge on any atom is 0.267 e. The van der Waals surface area contributed by atoms with Gasteiger partial charge in [-0.15, -0.1) is 0 Å². The molecule has 0 aliphatic carbocycles. The molecule has 95 valence electrons. The Balaban J connectivity index is 1.89. The lowest BCUT2D eigenvalue weighted by atomic mass is 10.1. The normalized spacial score (nSPS) is 20.6. The fourth-order valence-corrected chi connectivity index (χ4v) is 2.64. The molecule has 0 saturated carbocycles. The van der Waals surface area contributed by atoms with Crippen molar-refractivity contribution in [2.24, 2.45) is 9.98 Å². The minimum Gasteiger partial charge on any atom is -0.353 e. The molecule has 0 aromatic carbocycles. The van der Waals surface area contributed by atoms with Gasteiger partial charge in [0, 0.05) is 19.5 Å². The Hall–Kier alpha value is -1.76. The van der Waals surface area contributed by atoms with Crippen LogP contribution in [0.15, 0.2) is 26.9 Å². The van der Waals surface area contributed by atoms with Gasteiger partial charge >= 0.3 is 0 Å². The first-order chi connectivity index (χ1) is 9.22. The zero-order valence-corrected chi connectivity index (χ0v) is 11.5. The largest absolute Gasteiger partial charge is 0.353 e. The summed E-state index contributed by atoms with van der Waals surface area (Å²) in [5.74, 6) is 1.29.